The molecule has 0 saturated carbocycles. The van der Waals surface area contributed by atoms with Crippen LogP contribution in [0.4, 0.5) is 0 Å². The number of hydrogen-bond donors (Lipinski definition) is 0. The van der Waals surface area contributed by atoms with Gasteiger partial charge in [0.25, 0.3) is 0 Å². The van der Waals surface area contributed by atoms with Crippen LogP contribution in [0.3, 0.4) is 0 Å². The maximum absolute atomic E-state index is 12.4. The molecule has 0 spiro atoms. The molecule has 0 atom stereocenters. The summed E-state index contributed by atoms with van der Waals surface area (Å²) in [7, 11) is 4.03. The summed E-state index contributed by atoms with van der Waals surface area (Å²) in [6.07, 6.45) is 2.09. The minimum Gasteiger partial charge on any atom is -0.342 e. The van der Waals surface area contributed by atoms with Crippen molar-refractivity contribution in [3.63, 3.8) is 0 Å². The molecule has 0 N–H and O–H groups in total. The third-order valence-corrected chi connectivity index (χ3v) is 6.07. The molecule has 1 aliphatic rings. The number of amides is 1. The van der Waals surface area contributed by atoms with E-state index in [-0.39, 0.29) is 5.91 Å². The van der Waals surface area contributed by atoms with Gasteiger partial charge in [-0.15, -0.1) is 11.8 Å². The highest BCUT2D eigenvalue weighted by Crippen LogP contribution is 2.32. The van der Waals surface area contributed by atoms with Gasteiger partial charge in [0, 0.05) is 23.0 Å². The van der Waals surface area contributed by atoms with Crippen LogP contribution < -0.4 is 0 Å². The quantitative estimate of drug-likeness (QED) is 0.759. The van der Waals surface area contributed by atoms with Crippen molar-refractivity contribution in [3.05, 3.63) is 27.7 Å². The monoisotopic (exact) mass is 360 g/mol. The first kappa shape index (κ1) is 17.9. The minimum atomic E-state index is 0.156. The van der Waals surface area contributed by atoms with E-state index in [1.54, 1.807) is 6.07 Å². The Morgan fingerprint density at radius 1 is 1.32 bits per heavy atom. The Labute approximate surface area is 146 Å². The summed E-state index contributed by atoms with van der Waals surface area (Å²) in [6.45, 7) is 4.05. The van der Waals surface area contributed by atoms with Gasteiger partial charge in [0.15, 0.2) is 0 Å². The molecule has 1 aromatic carbocycles. The van der Waals surface area contributed by atoms with Gasteiger partial charge >= 0.3 is 0 Å². The van der Waals surface area contributed by atoms with Crippen molar-refractivity contribution in [1.29, 1.82) is 0 Å². The molecule has 0 radical (unpaired) electrons. The largest absolute Gasteiger partial charge is 0.342 e. The van der Waals surface area contributed by atoms with E-state index in [1.807, 2.05) is 24.9 Å². The molecular weight excluding hydrogens is 339 g/mol. The third-order valence-electron chi connectivity index (χ3n) is 4.19. The Kier molecular flexibility index (Phi) is 6.45. The van der Waals surface area contributed by atoms with Crippen LogP contribution in [0.15, 0.2) is 17.0 Å². The van der Waals surface area contributed by atoms with Gasteiger partial charge in [-0.1, -0.05) is 23.2 Å². The van der Waals surface area contributed by atoms with Crippen LogP contribution in [0.5, 0.6) is 0 Å². The van der Waals surface area contributed by atoms with Gasteiger partial charge in [-0.2, -0.15) is 0 Å². The number of nitrogens with zero attached hydrogens (tertiary/aromatic N) is 2. The molecule has 6 heteroatoms. The van der Waals surface area contributed by atoms with Crippen LogP contribution in [0.2, 0.25) is 10.0 Å². The predicted octanol–water partition coefficient (Wildman–Crippen LogP) is 3.95. The Morgan fingerprint density at radius 3 is 2.59 bits per heavy atom. The molecule has 1 saturated heterocycles. The highest BCUT2D eigenvalue weighted by molar-refractivity contribution is 8.00. The van der Waals surface area contributed by atoms with Gasteiger partial charge in [-0.3, -0.25) is 4.79 Å². The Bertz CT molecular complexity index is 545. The van der Waals surface area contributed by atoms with E-state index in [9.17, 15) is 4.79 Å². The van der Waals surface area contributed by atoms with Crippen molar-refractivity contribution in [3.8, 4) is 0 Å². The van der Waals surface area contributed by atoms with Gasteiger partial charge in [0.05, 0.1) is 10.8 Å². The lowest BCUT2D eigenvalue weighted by Crippen LogP contribution is -2.45. The lowest BCUT2D eigenvalue weighted by Gasteiger charge is -2.35. The molecule has 1 heterocycles. The topological polar surface area (TPSA) is 23.6 Å². The number of rotatable bonds is 4. The number of likely N-dealkylation sites (tertiary alicyclic amines) is 1. The first-order chi connectivity index (χ1) is 10.4. The van der Waals surface area contributed by atoms with E-state index in [0.717, 1.165) is 36.4 Å². The number of benzene rings is 1. The van der Waals surface area contributed by atoms with Gasteiger partial charge in [0.1, 0.15) is 0 Å². The fourth-order valence-corrected chi connectivity index (χ4v) is 4.05. The molecule has 0 bridgehead atoms. The lowest BCUT2D eigenvalue weighted by atomic mass is 10.0. The second kappa shape index (κ2) is 7.91. The molecule has 2 rings (SSSR count). The van der Waals surface area contributed by atoms with Crippen molar-refractivity contribution in [2.45, 2.75) is 30.7 Å². The van der Waals surface area contributed by atoms with Crippen molar-refractivity contribution >= 4 is 40.9 Å². The molecule has 0 unspecified atom stereocenters. The van der Waals surface area contributed by atoms with E-state index >= 15 is 0 Å². The van der Waals surface area contributed by atoms with Crippen LogP contribution in [-0.2, 0) is 4.79 Å². The number of halogens is 2. The number of thioether (sulfide) groups is 1. The maximum Gasteiger partial charge on any atom is 0.232 e. The van der Waals surface area contributed by atoms with Crippen molar-refractivity contribution < 1.29 is 4.79 Å². The molecule has 1 amide bonds. The second-order valence-corrected chi connectivity index (χ2v) is 7.69. The Balaban J connectivity index is 1.91. The summed E-state index contributed by atoms with van der Waals surface area (Å²) in [5, 5.41) is 1.26. The van der Waals surface area contributed by atoms with E-state index in [1.165, 1.54) is 11.8 Å². The molecule has 3 nitrogen and oxygen atoms in total. The zero-order valence-corrected chi connectivity index (χ0v) is 15.6. The summed E-state index contributed by atoms with van der Waals surface area (Å²) in [6, 6.07) is 4.04. The van der Waals surface area contributed by atoms with Gasteiger partial charge < -0.3 is 9.80 Å². The summed E-state index contributed by atoms with van der Waals surface area (Å²) in [4.78, 5) is 17.5. The molecule has 1 aliphatic heterocycles. The zero-order valence-electron chi connectivity index (χ0n) is 13.2. The lowest BCUT2D eigenvalue weighted by molar-refractivity contribution is -0.129. The van der Waals surface area contributed by atoms with E-state index in [4.69, 9.17) is 23.2 Å². The van der Waals surface area contributed by atoms with Gasteiger partial charge in [-0.25, -0.2) is 0 Å². The van der Waals surface area contributed by atoms with Crippen molar-refractivity contribution in [2.75, 3.05) is 32.9 Å². The predicted molar refractivity (Wildman–Crippen MR) is 95.2 cm³/mol. The van der Waals surface area contributed by atoms with Crippen molar-refractivity contribution in [1.82, 2.24) is 9.80 Å². The fraction of sp³-hybridized carbons (Fsp3) is 0.562. The van der Waals surface area contributed by atoms with Crippen LogP contribution in [0, 0.1) is 6.92 Å². The molecule has 122 valence electrons. The van der Waals surface area contributed by atoms with Crippen LogP contribution in [-0.4, -0.2) is 54.7 Å². The standard InChI is InChI=1S/C16H22Cl2N2OS/c1-11-8-15(14(18)9-13(11)17)22-10-16(21)20(3)12-4-6-19(2)7-5-12/h8-9,12H,4-7,10H2,1-3H3. The average molecular weight is 361 g/mol. The SMILES string of the molecule is Cc1cc(SCC(=O)N(C)C2CCN(C)CC2)c(Cl)cc1Cl. The summed E-state index contributed by atoms with van der Waals surface area (Å²) in [5.41, 5.74) is 0.977. The zero-order chi connectivity index (χ0) is 16.3. The molecule has 0 aliphatic carbocycles. The summed E-state index contributed by atoms with van der Waals surface area (Å²) in [5.74, 6) is 0.562. The van der Waals surface area contributed by atoms with Gasteiger partial charge in [0.2, 0.25) is 5.91 Å². The van der Waals surface area contributed by atoms with Crippen LogP contribution in [0.1, 0.15) is 18.4 Å². The maximum atomic E-state index is 12.4. The highest BCUT2D eigenvalue weighted by atomic mass is 35.5. The van der Waals surface area contributed by atoms with E-state index in [0.29, 0.717) is 21.8 Å². The van der Waals surface area contributed by atoms with Crippen molar-refractivity contribution in [2.24, 2.45) is 0 Å². The first-order valence-corrected chi connectivity index (χ1v) is 9.15. The van der Waals surface area contributed by atoms with E-state index < -0.39 is 0 Å². The molecule has 0 aromatic heterocycles. The van der Waals surface area contributed by atoms with Gasteiger partial charge in [-0.05, 0) is 57.6 Å². The van der Waals surface area contributed by atoms with Crippen LogP contribution in [0.25, 0.3) is 0 Å². The Hall–Kier alpha value is -0.420. The normalized spacial score (nSPS) is 16.8. The number of aryl methyl sites for hydroxylation is 1. The minimum absolute atomic E-state index is 0.156. The average Bonchev–Trinajstić information content (AvgIpc) is 2.49. The smallest absolute Gasteiger partial charge is 0.232 e. The molecule has 1 aromatic rings. The summed E-state index contributed by atoms with van der Waals surface area (Å²) < 4.78 is 0. The third kappa shape index (κ3) is 4.54. The Morgan fingerprint density at radius 2 is 1.95 bits per heavy atom. The first-order valence-electron chi connectivity index (χ1n) is 7.41. The van der Waals surface area contributed by atoms with Crippen LogP contribution >= 0.6 is 35.0 Å². The number of carbonyl (C=O) groups is 1. The molecule has 22 heavy (non-hydrogen) atoms. The number of piperidine rings is 1. The summed E-state index contributed by atoms with van der Waals surface area (Å²) >= 11 is 13.7. The number of hydrogen-bond acceptors (Lipinski definition) is 3. The highest BCUT2D eigenvalue weighted by Gasteiger charge is 2.24. The number of carbonyl (C=O) groups excluding carboxylic acids is 1. The van der Waals surface area contributed by atoms with E-state index in [2.05, 4.69) is 11.9 Å². The molecular formula is C16H22Cl2N2OS. The fourth-order valence-electron chi connectivity index (χ4n) is 2.57. The molecule has 1 fully saturated rings. The second-order valence-electron chi connectivity index (χ2n) is 5.86.